The fraction of sp³-hybridized carbons (Fsp3) is 0.0926. The summed E-state index contributed by atoms with van der Waals surface area (Å²) in [7, 11) is 0. The van der Waals surface area contributed by atoms with Gasteiger partial charge in [-0.05, 0) is 124 Å². The maximum atomic E-state index is 14.9. The molecule has 18 rings (SSSR count). The van der Waals surface area contributed by atoms with Crippen molar-refractivity contribution in [3.8, 4) is 11.5 Å². The highest BCUT2D eigenvalue weighted by molar-refractivity contribution is 6.41. The maximum Gasteiger partial charge on any atom is 0.230 e. The SMILES string of the molecule is CCC(C)(C)C(=O)NC1=CC(=[N+](c2ccccc2)c2cccc3ccccc23)C=C/C1=C1\C(=O)C(c2ccc(N(c3ccccc3)c3cccc4ccccc34)cc2NC(=O)C(C)(C)CC)=C1O.O=C1C(=C2C(O)=CC(=[N+](c3ccccc3)c3ccc4ccccc4c3)C=C2O)C(O)=C1c1c(O)cc(N(c2ccccc2)c2ccc3ccccc3c2)cc1O. The van der Waals surface area contributed by atoms with E-state index in [1.54, 1.807) is 12.1 Å². The molecule has 4 aliphatic carbocycles. The quantitative estimate of drug-likeness (QED) is 0.0297. The van der Waals surface area contributed by atoms with E-state index in [1.165, 1.54) is 24.3 Å². The number of aromatic hydroxyl groups is 2. The lowest BCUT2D eigenvalue weighted by Crippen LogP contribution is -2.38. The van der Waals surface area contributed by atoms with E-state index in [4.69, 9.17) is 0 Å². The number of rotatable bonds is 18. The Morgan fingerprint density at radius 2 is 0.823 bits per heavy atom. The van der Waals surface area contributed by atoms with Gasteiger partial charge in [-0.2, -0.15) is 9.15 Å². The number of carbonyl (C=O) groups excluding carboxylic acids is 4. The number of para-hydroxylation sites is 4. The lowest BCUT2D eigenvalue weighted by atomic mass is 9.78. The molecular formula is C108H88N6O10+2. The Balaban J connectivity index is 0.000000179. The summed E-state index contributed by atoms with van der Waals surface area (Å²) >= 11 is 0. The smallest absolute Gasteiger partial charge is 0.230 e. The predicted octanol–water partition coefficient (Wildman–Crippen LogP) is 24.9. The second-order valence-corrected chi connectivity index (χ2v) is 32.2. The molecule has 0 spiro atoms. The van der Waals surface area contributed by atoms with Gasteiger partial charge in [0, 0.05) is 117 Å². The van der Waals surface area contributed by atoms with Crippen molar-refractivity contribution in [2.45, 2.75) is 54.4 Å². The van der Waals surface area contributed by atoms with Gasteiger partial charge in [0.1, 0.15) is 34.5 Å². The summed E-state index contributed by atoms with van der Waals surface area (Å²) < 4.78 is 3.99. The number of nitrogens with one attached hydrogen (secondary N) is 2. The van der Waals surface area contributed by atoms with Crippen LogP contribution in [0, 0.1) is 10.8 Å². The number of Topliss-reactive ketones (excluding diaryl/α,β-unsaturated/α-hetero) is 2. The molecule has 0 unspecified atom stereocenters. The number of aliphatic hydroxyl groups is 4. The monoisotopic (exact) mass is 1630 g/mol. The Labute approximate surface area is 717 Å². The van der Waals surface area contributed by atoms with E-state index >= 15 is 0 Å². The third-order valence-corrected chi connectivity index (χ3v) is 23.6. The highest BCUT2D eigenvalue weighted by Gasteiger charge is 2.45. The molecule has 4 aliphatic rings. The highest BCUT2D eigenvalue weighted by Crippen LogP contribution is 2.52. The fourth-order valence-electron chi connectivity index (χ4n) is 16.1. The van der Waals surface area contributed by atoms with Crippen LogP contribution in [0.3, 0.4) is 0 Å². The molecule has 8 N–H and O–H groups in total. The number of amides is 2. The first-order valence-electron chi connectivity index (χ1n) is 41.2. The van der Waals surface area contributed by atoms with Gasteiger partial charge >= 0.3 is 0 Å². The molecule has 0 heterocycles. The minimum Gasteiger partial charge on any atom is -0.507 e. The lowest BCUT2D eigenvalue weighted by Gasteiger charge is -2.31. The first kappa shape index (κ1) is 80.5. The number of phenols is 2. The molecule has 16 heteroatoms. The van der Waals surface area contributed by atoms with Crippen LogP contribution in [0.15, 0.2) is 403 Å². The number of aliphatic hydroxyl groups excluding tert-OH is 4. The van der Waals surface area contributed by atoms with Crippen molar-refractivity contribution in [3.05, 3.63) is 414 Å². The Bertz CT molecular complexity index is 7030. The van der Waals surface area contributed by atoms with E-state index in [1.807, 2.05) is 318 Å². The van der Waals surface area contributed by atoms with E-state index in [0.29, 0.717) is 46.8 Å². The molecule has 0 aliphatic heterocycles. The topological polar surface area (TPSA) is 226 Å². The third-order valence-electron chi connectivity index (χ3n) is 23.6. The number of fused-ring (bicyclic) bond motifs is 4. The maximum absolute atomic E-state index is 14.9. The zero-order valence-electron chi connectivity index (χ0n) is 69.0. The summed E-state index contributed by atoms with van der Waals surface area (Å²) in [5.74, 6) is -4.25. The summed E-state index contributed by atoms with van der Waals surface area (Å²) in [6.45, 7) is 11.5. The fourth-order valence-corrected chi connectivity index (χ4v) is 16.1. The van der Waals surface area contributed by atoms with Crippen molar-refractivity contribution in [1.82, 2.24) is 14.5 Å². The zero-order chi connectivity index (χ0) is 86.2. The number of nitrogens with zero attached hydrogens (tertiary/aromatic N) is 4. The number of allylic oxidation sites excluding steroid dienone is 9. The summed E-state index contributed by atoms with van der Waals surface area (Å²) in [4.78, 5) is 60.8. The Hall–Kier alpha value is -15.9. The predicted molar refractivity (Wildman–Crippen MR) is 501 cm³/mol. The number of hydrogen-bond donors (Lipinski definition) is 8. The minimum absolute atomic E-state index is 0.0736. The molecule has 16 nitrogen and oxygen atoms in total. The number of hydrogen-bond acceptors (Lipinski definition) is 12. The number of benzene rings is 14. The number of ketones is 2. The lowest BCUT2D eigenvalue weighted by molar-refractivity contribution is -0.128. The van der Waals surface area contributed by atoms with E-state index in [9.17, 15) is 49.8 Å². The van der Waals surface area contributed by atoms with Crippen LogP contribution in [-0.4, -0.2) is 65.4 Å². The summed E-state index contributed by atoms with van der Waals surface area (Å²) in [5, 5.41) is 83.9. The molecule has 0 bridgehead atoms. The van der Waals surface area contributed by atoms with Crippen LogP contribution in [-0.2, 0) is 19.2 Å². The van der Waals surface area contributed by atoms with Gasteiger partial charge in [0.2, 0.25) is 57.6 Å². The normalized spacial score (nSPS) is 15.0. The van der Waals surface area contributed by atoms with Gasteiger partial charge < -0.3 is 51.1 Å². The summed E-state index contributed by atoms with van der Waals surface area (Å²) in [5.41, 5.74) is 7.96. The van der Waals surface area contributed by atoms with Crippen LogP contribution >= 0.6 is 0 Å². The standard InChI is InChI=1S/C60H54N4O4.C48H32N2O6/c1-7-59(3,4)57(67)61-49-37-43(63(41-25-11-9-12-26-41)51-31-19-23-39-21-15-17-29-45(39)51)33-35-47(49)53-55(65)54(56(53)66)48-36-34-44(38-50(48)62-58(68)60(5,6)8-2)64(42-27-13-10-14-28-42)52-32-20-24-40-22-16-18-30-46(40)52;51-39-25-37(49(33-15-3-1-4-16-33)35-21-19-29-11-7-9-13-31(29)23-35)26-40(52)43(39)45-47(55)46(48(45)56)44-41(53)27-38(28-42(44)54)50(34-17-5-2-6-18-34)36-22-20-30-12-8-10-14-32(30)24-36/h9-38H,7-8H2,1-6H3,(H2,61,62,65,66,67,68);1-28H,(H4,51,52,53,54,55,56)/p+2. The van der Waals surface area contributed by atoms with Gasteiger partial charge in [-0.15, -0.1) is 0 Å². The molecule has 124 heavy (non-hydrogen) atoms. The van der Waals surface area contributed by atoms with Crippen LogP contribution in [0.25, 0.3) is 54.2 Å². The van der Waals surface area contributed by atoms with Crippen LogP contribution in [0.5, 0.6) is 11.5 Å². The molecule has 0 radical (unpaired) electrons. The van der Waals surface area contributed by atoms with Gasteiger partial charge in [0.25, 0.3) is 0 Å². The molecular weight excluding hydrogens is 1540 g/mol. The van der Waals surface area contributed by atoms with Crippen LogP contribution in [0.1, 0.15) is 65.5 Å². The van der Waals surface area contributed by atoms with Gasteiger partial charge in [0.15, 0.2) is 0 Å². The van der Waals surface area contributed by atoms with Crippen molar-refractivity contribution >= 4 is 152 Å². The van der Waals surface area contributed by atoms with E-state index in [2.05, 4.69) is 68.6 Å². The molecule has 0 atom stereocenters. The largest absolute Gasteiger partial charge is 0.507 e. The average molecular weight is 1630 g/mol. The molecule has 0 saturated carbocycles. The van der Waals surface area contributed by atoms with E-state index in [-0.39, 0.29) is 51.0 Å². The van der Waals surface area contributed by atoms with Crippen LogP contribution in [0.4, 0.5) is 62.6 Å². The second-order valence-electron chi connectivity index (χ2n) is 32.2. The number of anilines is 7. The van der Waals surface area contributed by atoms with Gasteiger partial charge in [-0.3, -0.25) is 19.2 Å². The minimum atomic E-state index is -0.775. The number of carbonyl (C=O) groups is 4. The van der Waals surface area contributed by atoms with Gasteiger partial charge in [0.05, 0.1) is 73.7 Å². The van der Waals surface area contributed by atoms with Crippen molar-refractivity contribution in [1.29, 1.82) is 0 Å². The van der Waals surface area contributed by atoms with Gasteiger partial charge in [-0.1, -0.05) is 236 Å². The summed E-state index contributed by atoms with van der Waals surface area (Å²) in [6.07, 6.45) is 9.56. The molecule has 0 saturated heterocycles. The Morgan fingerprint density at radius 3 is 1.41 bits per heavy atom. The van der Waals surface area contributed by atoms with E-state index in [0.717, 1.165) is 100.0 Å². The molecule has 2 amide bonds. The Kier molecular flexibility index (Phi) is 21.6. The highest BCUT2D eigenvalue weighted by atomic mass is 16.3. The second kappa shape index (κ2) is 33.3. The van der Waals surface area contributed by atoms with Crippen molar-refractivity contribution in [2.24, 2.45) is 10.8 Å². The molecule has 14 aromatic carbocycles. The van der Waals surface area contributed by atoms with Crippen molar-refractivity contribution in [2.75, 3.05) is 15.1 Å². The Morgan fingerprint density at radius 1 is 0.355 bits per heavy atom. The third kappa shape index (κ3) is 15.1. The molecule has 0 fully saturated rings. The van der Waals surface area contributed by atoms with Crippen LogP contribution < -0.4 is 29.6 Å². The number of phenolic OH excluding ortho intramolecular Hbond substituents is 2. The van der Waals surface area contributed by atoms with Crippen molar-refractivity contribution < 1.29 is 49.8 Å². The molecule has 0 aromatic heterocycles. The first-order valence-corrected chi connectivity index (χ1v) is 41.2. The van der Waals surface area contributed by atoms with Crippen molar-refractivity contribution in [3.63, 3.8) is 0 Å². The first-order chi connectivity index (χ1) is 60.1. The van der Waals surface area contributed by atoms with E-state index < -0.39 is 51.2 Å². The molecule has 608 valence electrons. The average Bonchev–Trinajstić information content (AvgIpc) is 0.725. The summed E-state index contributed by atoms with van der Waals surface area (Å²) in [6, 6.07) is 104. The van der Waals surface area contributed by atoms with Crippen LogP contribution in [0.2, 0.25) is 0 Å². The molecule has 14 aromatic rings. The van der Waals surface area contributed by atoms with Gasteiger partial charge in [-0.25, -0.2) is 0 Å². The zero-order valence-corrected chi connectivity index (χ0v) is 69.0.